The fourth-order valence-corrected chi connectivity index (χ4v) is 19.0. The van der Waals surface area contributed by atoms with Crippen molar-refractivity contribution in [2.75, 3.05) is 9.80 Å². The first-order chi connectivity index (χ1) is 51.3. The van der Waals surface area contributed by atoms with Crippen LogP contribution >= 0.6 is 0 Å². The van der Waals surface area contributed by atoms with Gasteiger partial charge in [-0.2, -0.15) is 0 Å². The molecule has 0 unspecified atom stereocenters. The van der Waals surface area contributed by atoms with Crippen molar-refractivity contribution >= 4 is 101 Å². The number of benzene rings is 13. The van der Waals surface area contributed by atoms with Crippen LogP contribution < -0.4 is 26.2 Å². The number of nitrogens with zero attached hydrogens (tertiary/aromatic N) is 4. The molecular weight excluding hydrogens is 1290 g/mol. The van der Waals surface area contributed by atoms with Crippen LogP contribution in [0.4, 0.5) is 34.1 Å². The summed E-state index contributed by atoms with van der Waals surface area (Å²) in [6.45, 7) is 33.4. The maximum absolute atomic E-state index is 2.65. The third-order valence-corrected chi connectivity index (χ3v) is 25.6. The molecule has 526 valence electrons. The first-order valence-corrected chi connectivity index (χ1v) is 39.1. The van der Waals surface area contributed by atoms with Gasteiger partial charge < -0.3 is 18.9 Å². The number of fused-ring (bicyclic) bond motifs is 12. The fourth-order valence-electron chi connectivity index (χ4n) is 19.0. The molecule has 0 bridgehead atoms. The van der Waals surface area contributed by atoms with Crippen molar-refractivity contribution in [1.29, 1.82) is 0 Å². The van der Waals surface area contributed by atoms with Crippen LogP contribution in [0.3, 0.4) is 0 Å². The average Bonchev–Trinajstić information content (AvgIpc) is 1.23. The van der Waals surface area contributed by atoms with Gasteiger partial charge in [-0.1, -0.05) is 273 Å². The lowest BCUT2D eigenvalue weighted by atomic mass is 9.33. The summed E-state index contributed by atoms with van der Waals surface area (Å²) in [4.78, 5) is 5.27. The standard InChI is InChI=1S/C102H95BN4/c1-97(2,3)72-37-49-90-80(59-72)81-60-73(98(4,5)6)38-50-91(81)107(90)77-62-94-96-95(63-77)105(75-41-31-67(32-42-75)70-34-45-83-85(57-70)102(13,14)54-52-100(83,9)10)93-61-76(106-88-28-22-21-27-78(88)79-55-68(35-47-89(79)106)64-23-17-15-18-24-64)43-46-86(93)103(96)87-58-71(65-25-19-16-20-26-65)36-48-92(87)104(94)74-39-29-66(30-40-74)69-33-44-82-84(56-69)101(11,12)53-51-99(82,7)8/h15-50,55-63H,51-54H2,1-14H3. The number of hydrogen-bond acceptors (Lipinski definition) is 2. The number of para-hydroxylation sites is 1. The second-order valence-electron chi connectivity index (χ2n) is 36.3. The Morgan fingerprint density at radius 1 is 0.262 bits per heavy atom. The molecular formula is C102H95BN4. The number of rotatable bonds is 8. The van der Waals surface area contributed by atoms with Gasteiger partial charge in [0.1, 0.15) is 0 Å². The molecule has 2 aromatic heterocycles. The molecule has 0 atom stereocenters. The summed E-state index contributed by atoms with van der Waals surface area (Å²) in [5.74, 6) is 0. The van der Waals surface area contributed by atoms with Gasteiger partial charge in [0.15, 0.2) is 0 Å². The predicted octanol–water partition coefficient (Wildman–Crippen LogP) is 25.9. The van der Waals surface area contributed by atoms with Gasteiger partial charge in [0.2, 0.25) is 0 Å². The number of anilines is 6. The molecule has 0 N–H and O–H groups in total. The highest BCUT2D eigenvalue weighted by Gasteiger charge is 2.46. The zero-order valence-electron chi connectivity index (χ0n) is 64.7. The largest absolute Gasteiger partial charge is 0.311 e. The molecule has 0 saturated carbocycles. The highest BCUT2D eigenvalue weighted by atomic mass is 15.2. The Hall–Kier alpha value is -10.9. The molecule has 0 radical (unpaired) electrons. The monoisotopic (exact) mass is 1390 g/mol. The van der Waals surface area contributed by atoms with E-state index in [1.165, 1.54) is 163 Å². The van der Waals surface area contributed by atoms with Gasteiger partial charge >= 0.3 is 0 Å². The third-order valence-electron chi connectivity index (χ3n) is 25.6. The molecule has 19 rings (SSSR count). The van der Waals surface area contributed by atoms with E-state index in [0.717, 1.165) is 46.2 Å². The summed E-state index contributed by atoms with van der Waals surface area (Å²) < 4.78 is 5.12. The predicted molar refractivity (Wildman–Crippen MR) is 459 cm³/mol. The van der Waals surface area contributed by atoms with Crippen LogP contribution in [0.1, 0.15) is 156 Å². The summed E-state index contributed by atoms with van der Waals surface area (Å²) in [5.41, 5.74) is 36.2. The Bertz CT molecular complexity index is 6070. The molecule has 4 nitrogen and oxygen atoms in total. The van der Waals surface area contributed by atoms with Gasteiger partial charge in [0.25, 0.3) is 6.71 Å². The van der Waals surface area contributed by atoms with Gasteiger partial charge in [0, 0.05) is 61.4 Å². The topological polar surface area (TPSA) is 16.3 Å². The normalized spacial score (nSPS) is 16.0. The van der Waals surface area contributed by atoms with E-state index in [1.807, 2.05) is 0 Å². The molecule has 2 aliphatic carbocycles. The Kier molecular flexibility index (Phi) is 14.9. The lowest BCUT2D eigenvalue weighted by Gasteiger charge is -2.44. The van der Waals surface area contributed by atoms with E-state index >= 15 is 0 Å². The highest BCUT2D eigenvalue weighted by molar-refractivity contribution is 7.00. The minimum Gasteiger partial charge on any atom is -0.311 e. The summed E-state index contributed by atoms with van der Waals surface area (Å²) >= 11 is 0. The van der Waals surface area contributed by atoms with Gasteiger partial charge in [-0.05, 0) is 250 Å². The van der Waals surface area contributed by atoms with E-state index in [9.17, 15) is 0 Å². The number of aromatic nitrogens is 2. The second kappa shape index (κ2) is 23.8. The second-order valence-corrected chi connectivity index (χ2v) is 36.3. The maximum Gasteiger partial charge on any atom is 0.252 e. The third kappa shape index (κ3) is 10.7. The number of hydrogen-bond donors (Lipinski definition) is 0. The van der Waals surface area contributed by atoms with Crippen molar-refractivity contribution < 1.29 is 0 Å². The van der Waals surface area contributed by atoms with E-state index in [4.69, 9.17) is 0 Å². The first-order valence-electron chi connectivity index (χ1n) is 39.1. The zero-order chi connectivity index (χ0) is 73.6. The molecule has 107 heavy (non-hydrogen) atoms. The summed E-state index contributed by atoms with van der Waals surface area (Å²) in [5, 5.41) is 4.99. The molecule has 0 spiro atoms. The van der Waals surface area contributed by atoms with Crippen LogP contribution in [0.2, 0.25) is 0 Å². The van der Waals surface area contributed by atoms with Gasteiger partial charge in [-0.25, -0.2) is 0 Å². The molecule has 15 aromatic rings. The SMILES string of the molecule is CC(C)(C)c1ccc2c(c1)c1cc(C(C)(C)C)ccc1n2-c1cc2c3c(c1)N(c1ccc(-c4ccc5c(c4)C(C)(C)CCC5(C)C)cc1)c1cc(-n4c5ccccc5c5cc(-c6ccccc6)ccc54)ccc1B3c1cc(-c3ccccc3)ccc1N2c1ccc(-c2ccc3c(c2)C(C)(C)CCC3(C)C)cc1. The Morgan fingerprint density at radius 3 is 1.15 bits per heavy atom. The lowest BCUT2D eigenvalue weighted by Crippen LogP contribution is -2.61. The van der Waals surface area contributed by atoms with E-state index in [1.54, 1.807) is 0 Å². The molecule has 2 aliphatic heterocycles. The Balaban J connectivity index is 0.897. The molecule has 0 saturated heterocycles. The summed E-state index contributed by atoms with van der Waals surface area (Å²) in [7, 11) is 0. The Labute approximate surface area is 633 Å². The molecule has 0 fully saturated rings. The highest BCUT2D eigenvalue weighted by Crippen LogP contribution is 2.52. The average molecular weight is 1390 g/mol. The molecule has 4 heterocycles. The quantitative estimate of drug-likeness (QED) is 0.141. The molecule has 4 aliphatic rings. The van der Waals surface area contributed by atoms with Crippen molar-refractivity contribution in [2.45, 2.75) is 155 Å². The van der Waals surface area contributed by atoms with Crippen LogP contribution in [-0.2, 0) is 32.5 Å². The van der Waals surface area contributed by atoms with E-state index in [-0.39, 0.29) is 39.2 Å². The van der Waals surface area contributed by atoms with Gasteiger partial charge in [-0.15, -0.1) is 0 Å². The van der Waals surface area contributed by atoms with Crippen LogP contribution in [-0.4, -0.2) is 15.8 Å². The van der Waals surface area contributed by atoms with E-state index in [2.05, 4.69) is 389 Å². The van der Waals surface area contributed by atoms with Crippen molar-refractivity contribution in [3.63, 3.8) is 0 Å². The minimum atomic E-state index is -0.178. The zero-order valence-corrected chi connectivity index (χ0v) is 64.7. The van der Waals surface area contributed by atoms with Gasteiger partial charge in [-0.3, -0.25) is 0 Å². The summed E-state index contributed by atoms with van der Waals surface area (Å²) in [6, 6.07) is 106. The molecule has 13 aromatic carbocycles. The van der Waals surface area contributed by atoms with Crippen molar-refractivity contribution in [3.05, 3.63) is 306 Å². The smallest absolute Gasteiger partial charge is 0.252 e. The van der Waals surface area contributed by atoms with Crippen molar-refractivity contribution in [3.8, 4) is 55.9 Å². The summed E-state index contributed by atoms with van der Waals surface area (Å²) in [6.07, 6.45) is 4.70. The first kappa shape index (κ1) is 66.8. The van der Waals surface area contributed by atoms with Gasteiger partial charge in [0.05, 0.1) is 27.8 Å². The Morgan fingerprint density at radius 2 is 0.636 bits per heavy atom. The lowest BCUT2D eigenvalue weighted by molar-refractivity contribution is 0.332. The van der Waals surface area contributed by atoms with Crippen molar-refractivity contribution in [1.82, 2.24) is 9.13 Å². The van der Waals surface area contributed by atoms with E-state index < -0.39 is 0 Å². The minimum absolute atomic E-state index is 0.0630. The fraction of sp³-hybridized carbons (Fsp3) is 0.235. The van der Waals surface area contributed by atoms with E-state index in [0.29, 0.717) is 0 Å². The molecule has 5 heteroatoms. The van der Waals surface area contributed by atoms with Crippen LogP contribution in [0.15, 0.2) is 273 Å². The van der Waals surface area contributed by atoms with Crippen molar-refractivity contribution in [2.24, 2.45) is 0 Å². The molecule has 0 amide bonds. The van der Waals surface area contributed by atoms with Crippen LogP contribution in [0.5, 0.6) is 0 Å². The van der Waals surface area contributed by atoms with Crippen LogP contribution in [0, 0.1) is 0 Å². The maximum atomic E-state index is 2.65. The van der Waals surface area contributed by atoms with Crippen LogP contribution in [0.25, 0.3) is 99.5 Å².